The van der Waals surface area contributed by atoms with Gasteiger partial charge in [-0.3, -0.25) is 0 Å². The molecule has 0 spiro atoms. The quantitative estimate of drug-likeness (QED) is 0.705. The molecule has 4 heteroatoms. The van der Waals surface area contributed by atoms with Crippen LogP contribution in [-0.4, -0.2) is 8.94 Å². The molecule has 13 heavy (non-hydrogen) atoms. The highest BCUT2D eigenvalue weighted by atomic mass is 32.2. The van der Waals surface area contributed by atoms with E-state index in [1.54, 1.807) is 18.4 Å². The first-order valence-corrected chi connectivity index (χ1v) is 4.96. The predicted octanol–water partition coefficient (Wildman–Crippen LogP) is 2.99. The Kier molecular flexibility index (Phi) is 3.12. The first-order chi connectivity index (χ1) is 6.05. The van der Waals surface area contributed by atoms with E-state index < -0.39 is 4.75 Å². The topological polar surface area (TPSA) is 36.9 Å². The van der Waals surface area contributed by atoms with E-state index in [0.717, 1.165) is 0 Å². The number of nitrogens with zero attached hydrogens (tertiary/aromatic N) is 1. The van der Waals surface area contributed by atoms with Crippen LogP contribution in [0.4, 0.5) is 0 Å². The standard InChI is InChI=1S/C9H9NOS2/c1-9(2,6-10)13-8(12)7-4-3-5-11-7/h3-5H,1-2H3. The van der Waals surface area contributed by atoms with Crippen LogP contribution in [0.3, 0.4) is 0 Å². The average Bonchev–Trinajstić information content (AvgIpc) is 2.55. The zero-order chi connectivity index (χ0) is 9.90. The maximum Gasteiger partial charge on any atom is 0.151 e. The zero-order valence-corrected chi connectivity index (χ0v) is 9.04. The number of furan rings is 1. The van der Waals surface area contributed by atoms with Crippen LogP contribution in [0, 0.1) is 11.3 Å². The molecule has 2 nitrogen and oxygen atoms in total. The summed E-state index contributed by atoms with van der Waals surface area (Å²) in [7, 11) is 0. The van der Waals surface area contributed by atoms with E-state index in [4.69, 9.17) is 21.9 Å². The molecule has 0 bridgehead atoms. The van der Waals surface area contributed by atoms with E-state index in [2.05, 4.69) is 6.07 Å². The van der Waals surface area contributed by atoms with E-state index in [9.17, 15) is 0 Å². The van der Waals surface area contributed by atoms with E-state index in [1.165, 1.54) is 11.8 Å². The summed E-state index contributed by atoms with van der Waals surface area (Å²) in [6.07, 6.45) is 1.57. The molecule has 0 saturated carbocycles. The summed E-state index contributed by atoms with van der Waals surface area (Å²) in [4.78, 5) is 0. The summed E-state index contributed by atoms with van der Waals surface area (Å²) in [5.41, 5.74) is 0. The molecule has 1 heterocycles. The molecule has 0 amide bonds. The van der Waals surface area contributed by atoms with Gasteiger partial charge in [-0.15, -0.1) is 0 Å². The van der Waals surface area contributed by atoms with Crippen molar-refractivity contribution in [3.8, 4) is 6.07 Å². The van der Waals surface area contributed by atoms with Crippen molar-refractivity contribution in [3.63, 3.8) is 0 Å². The highest BCUT2D eigenvalue weighted by Crippen LogP contribution is 2.28. The van der Waals surface area contributed by atoms with E-state index in [1.807, 2.05) is 13.8 Å². The monoisotopic (exact) mass is 211 g/mol. The molecule has 0 aromatic carbocycles. The molecule has 0 unspecified atom stereocenters. The molecular formula is C9H9NOS2. The highest BCUT2D eigenvalue weighted by Gasteiger charge is 2.21. The van der Waals surface area contributed by atoms with Gasteiger partial charge in [-0.1, -0.05) is 24.0 Å². The largest absolute Gasteiger partial charge is 0.463 e. The lowest BCUT2D eigenvalue weighted by molar-refractivity contribution is 0.561. The Balaban J connectivity index is 2.68. The first kappa shape index (κ1) is 10.3. The molecule has 0 aliphatic carbocycles. The Labute approximate surface area is 86.9 Å². The molecule has 68 valence electrons. The number of rotatable bonds is 2. The third kappa shape index (κ3) is 2.87. The molecule has 1 aromatic rings. The fraction of sp³-hybridized carbons (Fsp3) is 0.333. The van der Waals surface area contributed by atoms with Gasteiger partial charge in [-0.2, -0.15) is 5.26 Å². The van der Waals surface area contributed by atoms with Gasteiger partial charge in [0.2, 0.25) is 0 Å². The Morgan fingerprint density at radius 1 is 1.69 bits per heavy atom. The number of thioether (sulfide) groups is 1. The van der Waals surface area contributed by atoms with Crippen molar-refractivity contribution >= 4 is 28.2 Å². The van der Waals surface area contributed by atoms with Crippen LogP contribution in [0.1, 0.15) is 19.6 Å². The number of nitriles is 1. The molecule has 0 atom stereocenters. The van der Waals surface area contributed by atoms with Gasteiger partial charge in [0, 0.05) is 0 Å². The lowest BCUT2D eigenvalue weighted by Gasteiger charge is -2.13. The van der Waals surface area contributed by atoms with Gasteiger partial charge in [0.25, 0.3) is 0 Å². The van der Waals surface area contributed by atoms with Crippen LogP contribution in [0.2, 0.25) is 0 Å². The van der Waals surface area contributed by atoms with Crippen molar-refractivity contribution in [2.75, 3.05) is 0 Å². The fourth-order valence-corrected chi connectivity index (χ4v) is 2.17. The predicted molar refractivity (Wildman–Crippen MR) is 57.7 cm³/mol. The Morgan fingerprint density at radius 2 is 2.38 bits per heavy atom. The van der Waals surface area contributed by atoms with E-state index in [-0.39, 0.29) is 0 Å². The number of thiocarbonyl (C=S) groups is 1. The highest BCUT2D eigenvalue weighted by molar-refractivity contribution is 8.24. The Hall–Kier alpha value is -0.790. The number of hydrogen-bond donors (Lipinski definition) is 0. The summed E-state index contributed by atoms with van der Waals surface area (Å²) >= 11 is 6.44. The van der Waals surface area contributed by atoms with Crippen LogP contribution in [0.5, 0.6) is 0 Å². The van der Waals surface area contributed by atoms with Crippen molar-refractivity contribution in [3.05, 3.63) is 24.2 Å². The SMILES string of the molecule is CC(C)(C#N)SC(=S)c1ccco1. The summed E-state index contributed by atoms with van der Waals surface area (Å²) in [5.74, 6) is 0.656. The lowest BCUT2D eigenvalue weighted by atomic mass is 10.2. The fourth-order valence-electron chi connectivity index (χ4n) is 0.700. The van der Waals surface area contributed by atoms with Crippen molar-refractivity contribution < 1.29 is 4.42 Å². The molecule has 0 aliphatic heterocycles. The van der Waals surface area contributed by atoms with Gasteiger partial charge >= 0.3 is 0 Å². The van der Waals surface area contributed by atoms with Crippen LogP contribution in [-0.2, 0) is 0 Å². The van der Waals surface area contributed by atoms with Crippen LogP contribution in [0.25, 0.3) is 0 Å². The smallest absolute Gasteiger partial charge is 0.151 e. The van der Waals surface area contributed by atoms with Gasteiger partial charge in [0.05, 0.1) is 12.3 Å². The minimum atomic E-state index is -0.496. The van der Waals surface area contributed by atoms with Crippen molar-refractivity contribution in [1.29, 1.82) is 5.26 Å². The van der Waals surface area contributed by atoms with Crippen LogP contribution >= 0.6 is 24.0 Å². The average molecular weight is 211 g/mol. The van der Waals surface area contributed by atoms with Crippen molar-refractivity contribution in [2.45, 2.75) is 18.6 Å². The van der Waals surface area contributed by atoms with E-state index in [0.29, 0.717) is 9.96 Å². The van der Waals surface area contributed by atoms with Crippen molar-refractivity contribution in [2.24, 2.45) is 0 Å². The third-order valence-electron chi connectivity index (χ3n) is 1.34. The second-order valence-corrected chi connectivity index (χ2v) is 5.29. The second-order valence-electron chi connectivity index (χ2n) is 2.99. The maximum atomic E-state index is 8.78. The maximum absolute atomic E-state index is 8.78. The van der Waals surface area contributed by atoms with Crippen LogP contribution < -0.4 is 0 Å². The van der Waals surface area contributed by atoms with Crippen molar-refractivity contribution in [1.82, 2.24) is 0 Å². The molecule has 0 fully saturated rings. The molecule has 0 N–H and O–H groups in total. The summed E-state index contributed by atoms with van der Waals surface area (Å²) in [5, 5.41) is 8.78. The molecule has 1 rings (SSSR count). The molecule has 0 aliphatic rings. The minimum absolute atomic E-state index is 0.496. The lowest BCUT2D eigenvalue weighted by Crippen LogP contribution is -2.13. The molecule has 0 radical (unpaired) electrons. The Bertz CT molecular complexity index is 335. The van der Waals surface area contributed by atoms with Gasteiger partial charge in [0.1, 0.15) is 8.94 Å². The number of hydrogen-bond acceptors (Lipinski definition) is 4. The third-order valence-corrected chi connectivity index (χ3v) is 2.78. The normalized spacial score (nSPS) is 10.8. The van der Waals surface area contributed by atoms with Gasteiger partial charge in [-0.05, 0) is 26.0 Å². The second kappa shape index (κ2) is 3.95. The molecule has 1 aromatic heterocycles. The summed E-state index contributed by atoms with van der Waals surface area (Å²) in [6.45, 7) is 3.65. The summed E-state index contributed by atoms with van der Waals surface area (Å²) in [6, 6.07) is 5.74. The van der Waals surface area contributed by atoms with Gasteiger partial charge in [0.15, 0.2) is 5.76 Å². The Morgan fingerprint density at radius 3 is 2.85 bits per heavy atom. The van der Waals surface area contributed by atoms with Gasteiger partial charge < -0.3 is 4.42 Å². The van der Waals surface area contributed by atoms with Gasteiger partial charge in [-0.25, -0.2) is 0 Å². The molecular weight excluding hydrogens is 202 g/mol. The van der Waals surface area contributed by atoms with Crippen LogP contribution in [0.15, 0.2) is 22.8 Å². The van der Waals surface area contributed by atoms with E-state index >= 15 is 0 Å². The zero-order valence-electron chi connectivity index (χ0n) is 7.40. The summed E-state index contributed by atoms with van der Waals surface area (Å²) < 4.78 is 5.24. The minimum Gasteiger partial charge on any atom is -0.463 e. The molecule has 0 saturated heterocycles. The first-order valence-electron chi connectivity index (χ1n) is 3.73.